The summed E-state index contributed by atoms with van der Waals surface area (Å²) in [5.74, 6) is 0. The van der Waals surface area contributed by atoms with Crippen molar-refractivity contribution in [1.82, 2.24) is 9.38 Å². The molecule has 0 aliphatic heterocycles. The van der Waals surface area contributed by atoms with Crippen LogP contribution in [-0.4, -0.2) is 9.38 Å². The van der Waals surface area contributed by atoms with Crippen LogP contribution in [0.5, 0.6) is 0 Å². The average Bonchev–Trinajstić information content (AvgIpc) is 3.78. The summed E-state index contributed by atoms with van der Waals surface area (Å²) < 4.78 is 14.2. The predicted molar refractivity (Wildman–Crippen MR) is 207 cm³/mol. The SMILES string of the molecule is O=c1oc2ccccc2n2c(-c3ccccc3)c(-c3cccc4oc5ccc(-c6ccc7c8ccccc8c8ccccc8c7c6)cc5c34)nc12. The summed E-state index contributed by atoms with van der Waals surface area (Å²) in [6.07, 6.45) is 0. The minimum absolute atomic E-state index is 0.240. The first-order valence-electron chi connectivity index (χ1n) is 17.0. The van der Waals surface area contributed by atoms with Crippen LogP contribution in [0, 0.1) is 0 Å². The van der Waals surface area contributed by atoms with E-state index in [2.05, 4.69) is 103 Å². The van der Waals surface area contributed by atoms with E-state index < -0.39 is 5.63 Å². The Balaban J connectivity index is 1.18. The second-order valence-electron chi connectivity index (χ2n) is 13.0. The molecule has 0 atom stereocenters. The van der Waals surface area contributed by atoms with Gasteiger partial charge in [0.2, 0.25) is 5.65 Å². The summed E-state index contributed by atoms with van der Waals surface area (Å²) in [6.45, 7) is 0. The van der Waals surface area contributed by atoms with E-state index in [0.717, 1.165) is 55.4 Å². The molecule has 0 spiro atoms. The number of furan rings is 1. The van der Waals surface area contributed by atoms with E-state index >= 15 is 0 Å². The van der Waals surface area contributed by atoms with Gasteiger partial charge in [-0.1, -0.05) is 121 Å². The zero-order valence-corrected chi connectivity index (χ0v) is 27.1. The third kappa shape index (κ3) is 4.03. The van der Waals surface area contributed by atoms with E-state index in [0.29, 0.717) is 11.3 Å². The highest BCUT2D eigenvalue weighted by atomic mass is 16.4. The van der Waals surface area contributed by atoms with Crippen LogP contribution in [0.25, 0.3) is 105 Å². The van der Waals surface area contributed by atoms with Gasteiger partial charge in [0, 0.05) is 21.9 Å². The Morgan fingerprint density at radius 1 is 0.451 bits per heavy atom. The Morgan fingerprint density at radius 3 is 1.82 bits per heavy atom. The molecular weight excluding hydrogens is 629 g/mol. The Morgan fingerprint density at radius 2 is 1.06 bits per heavy atom. The van der Waals surface area contributed by atoms with Crippen molar-refractivity contribution in [2.24, 2.45) is 0 Å². The largest absolute Gasteiger partial charge is 0.456 e. The maximum absolute atomic E-state index is 13.4. The van der Waals surface area contributed by atoms with E-state index in [1.165, 1.54) is 32.3 Å². The monoisotopic (exact) mass is 654 g/mol. The maximum Gasteiger partial charge on any atom is 0.380 e. The van der Waals surface area contributed by atoms with E-state index in [1.54, 1.807) is 0 Å². The fourth-order valence-electron chi connectivity index (χ4n) is 8.01. The lowest BCUT2D eigenvalue weighted by Gasteiger charge is -2.12. The van der Waals surface area contributed by atoms with Gasteiger partial charge in [-0.2, -0.15) is 0 Å². The standard InChI is InChI=1S/C46H26N2O3/c49-46-45-47-43(44(27-11-2-1-3-12-27)48(45)38-18-8-9-19-40(38)51-46)35-17-10-20-41-42(35)37-26-29(22-24-39(37)50-41)28-21-23-34-32-15-5-4-13-30(32)31-14-6-7-16-33(31)36(34)25-28/h1-26H. The van der Waals surface area contributed by atoms with Gasteiger partial charge in [-0.05, 0) is 79.8 Å². The second-order valence-corrected chi connectivity index (χ2v) is 13.0. The molecule has 0 saturated carbocycles. The Hall–Kier alpha value is -6.98. The molecule has 0 amide bonds. The number of imidazole rings is 1. The molecule has 3 aromatic heterocycles. The molecule has 0 aliphatic rings. The number of aromatic nitrogens is 2. The van der Waals surface area contributed by atoms with E-state index in [4.69, 9.17) is 13.8 Å². The molecule has 8 aromatic carbocycles. The molecule has 0 fully saturated rings. The maximum atomic E-state index is 13.4. The molecule has 3 heterocycles. The highest BCUT2D eigenvalue weighted by molar-refractivity contribution is 6.26. The van der Waals surface area contributed by atoms with Crippen molar-refractivity contribution in [1.29, 1.82) is 0 Å². The molecule has 11 rings (SSSR count). The van der Waals surface area contributed by atoms with Gasteiger partial charge in [0.25, 0.3) is 0 Å². The van der Waals surface area contributed by atoms with Crippen molar-refractivity contribution in [3.05, 3.63) is 168 Å². The van der Waals surface area contributed by atoms with Crippen LogP contribution in [-0.2, 0) is 0 Å². The lowest BCUT2D eigenvalue weighted by molar-refractivity contribution is 0.560. The molecule has 51 heavy (non-hydrogen) atoms. The van der Waals surface area contributed by atoms with Gasteiger partial charge in [0.1, 0.15) is 11.2 Å². The summed E-state index contributed by atoms with van der Waals surface area (Å²) in [4.78, 5) is 18.5. The van der Waals surface area contributed by atoms with Crippen LogP contribution in [0.1, 0.15) is 0 Å². The first-order chi connectivity index (χ1) is 25.2. The van der Waals surface area contributed by atoms with Crippen molar-refractivity contribution in [2.45, 2.75) is 0 Å². The fourth-order valence-corrected chi connectivity index (χ4v) is 8.01. The van der Waals surface area contributed by atoms with Gasteiger partial charge in [-0.3, -0.25) is 4.40 Å². The first-order valence-corrected chi connectivity index (χ1v) is 17.0. The van der Waals surface area contributed by atoms with E-state index in [1.807, 2.05) is 59.0 Å². The van der Waals surface area contributed by atoms with Crippen molar-refractivity contribution in [2.75, 3.05) is 0 Å². The molecule has 0 saturated heterocycles. The van der Waals surface area contributed by atoms with Crippen LogP contribution in [0.3, 0.4) is 0 Å². The molecule has 5 nitrogen and oxygen atoms in total. The van der Waals surface area contributed by atoms with Crippen molar-refractivity contribution >= 4 is 71.0 Å². The lowest BCUT2D eigenvalue weighted by atomic mass is 9.91. The number of fused-ring (bicyclic) bond motifs is 12. The van der Waals surface area contributed by atoms with Gasteiger partial charge < -0.3 is 8.83 Å². The van der Waals surface area contributed by atoms with Crippen LogP contribution in [0.4, 0.5) is 0 Å². The first kappa shape index (κ1) is 27.9. The van der Waals surface area contributed by atoms with Gasteiger partial charge in [0.05, 0.1) is 16.9 Å². The predicted octanol–water partition coefficient (Wildman–Crippen LogP) is 11.8. The molecular formula is C46H26N2O3. The van der Waals surface area contributed by atoms with Crippen molar-refractivity contribution in [3.8, 4) is 33.6 Å². The van der Waals surface area contributed by atoms with Crippen LogP contribution < -0.4 is 5.63 Å². The summed E-state index contributed by atoms with van der Waals surface area (Å²) >= 11 is 0. The average molecular weight is 655 g/mol. The zero-order valence-electron chi connectivity index (χ0n) is 27.1. The molecule has 238 valence electrons. The Kier molecular flexibility index (Phi) is 5.75. The minimum atomic E-state index is -0.486. The van der Waals surface area contributed by atoms with Crippen LogP contribution in [0.2, 0.25) is 0 Å². The minimum Gasteiger partial charge on any atom is -0.456 e. The Bertz CT molecular complexity index is 3240. The second kappa shape index (κ2) is 10.5. The number of hydrogen-bond donors (Lipinski definition) is 0. The smallest absolute Gasteiger partial charge is 0.380 e. The third-order valence-electron chi connectivity index (χ3n) is 10.2. The summed E-state index contributed by atoms with van der Waals surface area (Å²) in [5.41, 5.74) is 8.11. The molecule has 0 N–H and O–H groups in total. The van der Waals surface area contributed by atoms with E-state index in [9.17, 15) is 4.79 Å². The third-order valence-corrected chi connectivity index (χ3v) is 10.2. The number of benzene rings is 8. The van der Waals surface area contributed by atoms with Crippen molar-refractivity contribution < 1.29 is 8.83 Å². The Labute approximate surface area is 290 Å². The molecule has 5 heteroatoms. The van der Waals surface area contributed by atoms with E-state index in [-0.39, 0.29) is 5.65 Å². The summed E-state index contributed by atoms with van der Waals surface area (Å²) in [5, 5.41) is 9.40. The normalized spacial score (nSPS) is 12.0. The molecule has 0 radical (unpaired) electrons. The number of hydrogen-bond acceptors (Lipinski definition) is 4. The number of rotatable bonds is 3. The fraction of sp³-hybridized carbons (Fsp3) is 0. The highest BCUT2D eigenvalue weighted by Gasteiger charge is 2.24. The number of para-hydroxylation sites is 2. The van der Waals surface area contributed by atoms with Gasteiger partial charge in [-0.15, -0.1) is 0 Å². The zero-order chi connectivity index (χ0) is 33.6. The summed E-state index contributed by atoms with van der Waals surface area (Å²) in [6, 6.07) is 54.2. The molecule has 0 bridgehead atoms. The van der Waals surface area contributed by atoms with Gasteiger partial charge >= 0.3 is 5.63 Å². The molecule has 0 unspecified atom stereocenters. The topological polar surface area (TPSA) is 60.7 Å². The van der Waals surface area contributed by atoms with Crippen LogP contribution >= 0.6 is 0 Å². The lowest BCUT2D eigenvalue weighted by Crippen LogP contribution is -2.05. The summed E-state index contributed by atoms with van der Waals surface area (Å²) in [7, 11) is 0. The quantitative estimate of drug-likeness (QED) is 0.178. The van der Waals surface area contributed by atoms with Gasteiger partial charge in [-0.25, -0.2) is 9.78 Å². The molecule has 11 aromatic rings. The van der Waals surface area contributed by atoms with Gasteiger partial charge in [0.15, 0.2) is 5.58 Å². The highest BCUT2D eigenvalue weighted by Crippen LogP contribution is 2.43. The van der Waals surface area contributed by atoms with Crippen LogP contribution in [0.15, 0.2) is 171 Å². The number of nitrogens with zero attached hydrogens (tertiary/aromatic N) is 2. The van der Waals surface area contributed by atoms with Crippen molar-refractivity contribution in [3.63, 3.8) is 0 Å². The molecule has 0 aliphatic carbocycles.